The molecule has 6 N–H and O–H groups in total. The molecule has 37 heavy (non-hydrogen) atoms. The molecule has 0 aliphatic heterocycles. The molecule has 11 nitrogen and oxygen atoms in total. The van der Waals surface area contributed by atoms with Crippen molar-refractivity contribution in [2.45, 2.75) is 13.8 Å². The second-order valence-corrected chi connectivity index (χ2v) is 7.83. The number of anilines is 3. The lowest BCUT2D eigenvalue weighted by molar-refractivity contribution is -0.115. The van der Waals surface area contributed by atoms with Gasteiger partial charge in [0.25, 0.3) is 5.91 Å². The van der Waals surface area contributed by atoms with Gasteiger partial charge in [-0.15, -0.1) is 0 Å². The molecule has 0 spiro atoms. The number of nitriles is 1. The minimum Gasteiger partial charge on any atom is -0.507 e. The number of benzene rings is 3. The highest BCUT2D eigenvalue weighted by molar-refractivity contribution is 6.48. The zero-order chi connectivity index (χ0) is 27.3. The van der Waals surface area contributed by atoms with Gasteiger partial charge in [0.15, 0.2) is 0 Å². The van der Waals surface area contributed by atoms with Crippen LogP contribution < -0.4 is 16.0 Å². The molecule has 0 heterocycles. The van der Waals surface area contributed by atoms with E-state index in [-0.39, 0.29) is 34.0 Å². The Morgan fingerprint density at radius 1 is 0.811 bits per heavy atom. The van der Waals surface area contributed by atoms with Crippen LogP contribution in [0.4, 0.5) is 17.1 Å². The fraction of sp³-hybridized carbons (Fsp3) is 0.0769. The van der Waals surface area contributed by atoms with Crippen molar-refractivity contribution in [1.29, 1.82) is 10.7 Å². The van der Waals surface area contributed by atoms with E-state index in [1.165, 1.54) is 38.1 Å². The van der Waals surface area contributed by atoms with Crippen molar-refractivity contribution in [2.24, 2.45) is 0 Å². The summed E-state index contributed by atoms with van der Waals surface area (Å²) in [5.74, 6) is -3.70. The summed E-state index contributed by atoms with van der Waals surface area (Å²) in [6.07, 6.45) is 0. The number of nitrogens with one attached hydrogen (secondary N) is 4. The number of phenolic OH excluding ortho intramolecular Hbond substituents is 1. The predicted molar refractivity (Wildman–Crippen MR) is 136 cm³/mol. The number of hydrogen-bond donors (Lipinski definition) is 6. The average molecular weight is 499 g/mol. The number of amides is 3. The van der Waals surface area contributed by atoms with Crippen molar-refractivity contribution in [3.63, 3.8) is 0 Å². The molecule has 0 radical (unpaired) electrons. The Kier molecular flexibility index (Phi) is 7.64. The molecule has 3 aromatic rings. The number of hydrogen-bond acceptors (Lipinski definition) is 7. The van der Waals surface area contributed by atoms with Crippen LogP contribution in [0, 0.1) is 16.7 Å². The average Bonchev–Trinajstić information content (AvgIpc) is 2.84. The van der Waals surface area contributed by atoms with E-state index in [1.54, 1.807) is 30.3 Å². The summed E-state index contributed by atoms with van der Waals surface area (Å²) in [4.78, 5) is 47.9. The predicted octanol–water partition coefficient (Wildman–Crippen LogP) is 3.55. The van der Waals surface area contributed by atoms with Gasteiger partial charge in [-0.3, -0.25) is 19.8 Å². The topological polar surface area (TPSA) is 192 Å². The van der Waals surface area contributed by atoms with E-state index in [1.807, 2.05) is 0 Å². The second-order valence-electron chi connectivity index (χ2n) is 7.83. The van der Waals surface area contributed by atoms with Crippen LogP contribution in [0.15, 0.2) is 54.6 Å². The van der Waals surface area contributed by atoms with E-state index in [0.29, 0.717) is 16.8 Å². The number of rotatable bonds is 7. The van der Waals surface area contributed by atoms with E-state index < -0.39 is 29.2 Å². The van der Waals surface area contributed by atoms with Gasteiger partial charge in [-0.2, -0.15) is 5.26 Å². The van der Waals surface area contributed by atoms with Crippen molar-refractivity contribution in [3.8, 4) is 22.9 Å². The summed E-state index contributed by atoms with van der Waals surface area (Å²) < 4.78 is 0. The van der Waals surface area contributed by atoms with Crippen LogP contribution in [-0.2, 0) is 14.4 Å². The van der Waals surface area contributed by atoms with Gasteiger partial charge in [0.1, 0.15) is 11.5 Å². The molecule has 3 amide bonds. The molecule has 3 rings (SSSR count). The summed E-state index contributed by atoms with van der Waals surface area (Å²) in [6, 6.07) is 14.5. The van der Waals surface area contributed by atoms with E-state index in [0.717, 1.165) is 6.07 Å². The number of phenols is 1. The highest BCUT2D eigenvalue weighted by Gasteiger charge is 2.22. The highest BCUT2D eigenvalue weighted by atomic mass is 16.4. The maximum atomic E-state index is 12.8. The van der Waals surface area contributed by atoms with Gasteiger partial charge >= 0.3 is 5.97 Å². The van der Waals surface area contributed by atoms with Crippen LogP contribution in [0.1, 0.15) is 35.3 Å². The Balaban J connectivity index is 2.04. The van der Waals surface area contributed by atoms with Gasteiger partial charge in [0, 0.05) is 41.9 Å². The molecular weight excluding hydrogens is 478 g/mol. The lowest BCUT2D eigenvalue weighted by Gasteiger charge is -2.17. The number of aromatic hydroxyl groups is 1. The maximum Gasteiger partial charge on any atom is 0.337 e. The van der Waals surface area contributed by atoms with Crippen LogP contribution in [0.25, 0.3) is 11.1 Å². The monoisotopic (exact) mass is 499 g/mol. The van der Waals surface area contributed by atoms with Crippen molar-refractivity contribution < 1.29 is 29.4 Å². The normalized spacial score (nSPS) is 10.1. The summed E-state index contributed by atoms with van der Waals surface area (Å²) in [7, 11) is 0. The third kappa shape index (κ3) is 5.95. The highest BCUT2D eigenvalue weighted by Crippen LogP contribution is 2.38. The molecule has 3 aromatic carbocycles. The first kappa shape index (κ1) is 26.1. The molecule has 0 saturated carbocycles. The largest absolute Gasteiger partial charge is 0.507 e. The van der Waals surface area contributed by atoms with Crippen molar-refractivity contribution in [3.05, 3.63) is 71.3 Å². The molecule has 0 unspecified atom stereocenters. The first-order valence-corrected chi connectivity index (χ1v) is 10.7. The van der Waals surface area contributed by atoms with Crippen LogP contribution in [-0.4, -0.2) is 39.6 Å². The van der Waals surface area contributed by atoms with Crippen molar-refractivity contribution in [2.75, 3.05) is 16.0 Å². The summed E-state index contributed by atoms with van der Waals surface area (Å²) in [5.41, 5.74) is -0.0599. The van der Waals surface area contributed by atoms with Gasteiger partial charge < -0.3 is 26.2 Å². The van der Waals surface area contributed by atoms with Crippen molar-refractivity contribution in [1.82, 2.24) is 0 Å². The molecule has 0 aliphatic carbocycles. The fourth-order valence-electron chi connectivity index (χ4n) is 3.53. The minimum absolute atomic E-state index is 0.0678. The van der Waals surface area contributed by atoms with Gasteiger partial charge in [-0.25, -0.2) is 4.79 Å². The van der Waals surface area contributed by atoms with Gasteiger partial charge in [0.05, 0.1) is 22.9 Å². The third-order valence-corrected chi connectivity index (χ3v) is 5.10. The zero-order valence-electron chi connectivity index (χ0n) is 19.7. The first-order chi connectivity index (χ1) is 17.5. The molecule has 0 saturated heterocycles. The summed E-state index contributed by atoms with van der Waals surface area (Å²) in [6.45, 7) is 2.59. The number of aromatic carboxylic acids is 1. The lowest BCUT2D eigenvalue weighted by Crippen LogP contribution is -2.24. The van der Waals surface area contributed by atoms with Crippen LogP contribution in [0.3, 0.4) is 0 Å². The Morgan fingerprint density at radius 3 is 2.08 bits per heavy atom. The van der Waals surface area contributed by atoms with E-state index in [9.17, 15) is 29.4 Å². The number of carbonyl (C=O) groups excluding carboxylic acids is 3. The Hall–Kier alpha value is -5.50. The first-order valence-electron chi connectivity index (χ1n) is 10.7. The third-order valence-electron chi connectivity index (χ3n) is 5.10. The summed E-state index contributed by atoms with van der Waals surface area (Å²) >= 11 is 0. The van der Waals surface area contributed by atoms with Crippen molar-refractivity contribution >= 4 is 46.5 Å². The number of carboxylic acids is 1. The molecule has 0 atom stereocenters. The van der Waals surface area contributed by atoms with Gasteiger partial charge in [-0.1, -0.05) is 18.2 Å². The Morgan fingerprint density at radius 2 is 1.46 bits per heavy atom. The SMILES string of the molecule is CC(=O)Nc1ccccc1-c1cc(O)c(C(=N)C(=O)Nc2ccc(C#N)cc2C(=O)O)cc1NC(C)=O. The number of carbonyl (C=O) groups is 4. The standard InChI is InChI=1S/C26H21N5O6/c1-13(32)29-20-6-4-3-5-16(20)17-11-23(34)19(10-22(17)30-14(2)33)24(28)25(35)31-21-8-7-15(12-27)9-18(21)26(36)37/h3-11,28,34H,1-2H3,(H,29,32)(H,30,33)(H,31,35)(H,36,37). The van der Waals surface area contributed by atoms with Gasteiger partial charge in [-0.05, 0) is 36.4 Å². The number of carboxylic acid groups (broad SMARTS) is 1. The van der Waals surface area contributed by atoms with Gasteiger partial charge in [0.2, 0.25) is 11.8 Å². The van der Waals surface area contributed by atoms with E-state index in [4.69, 9.17) is 10.7 Å². The lowest BCUT2D eigenvalue weighted by atomic mass is 9.96. The number of nitrogens with zero attached hydrogens (tertiary/aromatic N) is 1. The van der Waals surface area contributed by atoms with E-state index in [2.05, 4.69) is 16.0 Å². The number of para-hydroxylation sites is 1. The summed E-state index contributed by atoms with van der Waals surface area (Å²) in [5, 5.41) is 45.0. The maximum absolute atomic E-state index is 12.8. The smallest absolute Gasteiger partial charge is 0.337 e. The molecule has 0 fully saturated rings. The molecule has 0 aliphatic rings. The second kappa shape index (κ2) is 10.8. The van der Waals surface area contributed by atoms with Crippen LogP contribution >= 0.6 is 0 Å². The van der Waals surface area contributed by atoms with Crippen LogP contribution in [0.5, 0.6) is 5.75 Å². The minimum atomic E-state index is -1.39. The molecular formula is C26H21N5O6. The van der Waals surface area contributed by atoms with E-state index >= 15 is 0 Å². The Labute approximate surface area is 210 Å². The molecule has 11 heteroatoms. The molecule has 186 valence electrons. The quantitative estimate of drug-likeness (QED) is 0.211. The zero-order valence-corrected chi connectivity index (χ0v) is 19.7. The molecule has 0 bridgehead atoms. The Bertz CT molecular complexity index is 1510. The van der Waals surface area contributed by atoms with Crippen LogP contribution in [0.2, 0.25) is 0 Å². The fourth-order valence-corrected chi connectivity index (χ4v) is 3.53. The molecule has 0 aromatic heterocycles.